The number of thioether (sulfide) groups is 1. The number of carbonyl (C=O) groups is 1. The summed E-state index contributed by atoms with van der Waals surface area (Å²) in [5.41, 5.74) is 5.41. The first-order valence-electron chi connectivity index (χ1n) is 9.27. The zero-order valence-electron chi connectivity index (χ0n) is 17.5. The molecule has 0 saturated carbocycles. The van der Waals surface area contributed by atoms with Crippen LogP contribution in [0.5, 0.6) is 5.75 Å². The number of hydrogen-bond acceptors (Lipinski definition) is 8. The van der Waals surface area contributed by atoms with Crippen LogP contribution in [-0.4, -0.2) is 37.5 Å². The number of H-pyrrole nitrogens is 1. The molecular formula is C21H19ClN4O5S2. The number of hydrogen-bond donors (Lipinski definition) is 3. The summed E-state index contributed by atoms with van der Waals surface area (Å²) >= 11 is 6.99. The van der Waals surface area contributed by atoms with Crippen LogP contribution >= 0.6 is 23.4 Å². The maximum Gasteiger partial charge on any atom is 0.278 e. The number of aromatic nitrogens is 2. The molecule has 1 heterocycles. The Bertz CT molecular complexity index is 1390. The number of nitrogens with zero attached hydrogens (tertiary/aromatic N) is 1. The van der Waals surface area contributed by atoms with E-state index in [1.807, 2.05) is 0 Å². The van der Waals surface area contributed by atoms with E-state index in [2.05, 4.69) is 14.7 Å². The second kappa shape index (κ2) is 10.1. The lowest BCUT2D eigenvalue weighted by Crippen LogP contribution is -2.23. The third-order valence-electron chi connectivity index (χ3n) is 4.39. The standard InChI is InChI=1S/C21H19ClN4O5S2/c1-31-16-10-6-13(15(27)9-5-12-3-7-14(22)8-4-12)11-17(16)33(29,30)26-18-19(23)24-21(32-2)25-20(18)28/h3-11,26H,1-2H3,(H3,23,24,25,28)/b9-5+. The average molecular weight is 507 g/mol. The summed E-state index contributed by atoms with van der Waals surface area (Å²) in [5.74, 6) is -0.749. The highest BCUT2D eigenvalue weighted by molar-refractivity contribution is 7.98. The maximum atomic E-state index is 13.1. The van der Waals surface area contributed by atoms with Gasteiger partial charge in [-0.2, -0.15) is 0 Å². The monoisotopic (exact) mass is 506 g/mol. The molecule has 33 heavy (non-hydrogen) atoms. The average Bonchev–Trinajstić information content (AvgIpc) is 2.80. The Morgan fingerprint density at radius 1 is 1.24 bits per heavy atom. The molecule has 0 fully saturated rings. The lowest BCUT2D eigenvalue weighted by Gasteiger charge is -2.13. The van der Waals surface area contributed by atoms with Crippen LogP contribution in [0.15, 0.2) is 63.4 Å². The Kier molecular flexibility index (Phi) is 7.46. The highest BCUT2D eigenvalue weighted by Gasteiger charge is 2.24. The maximum absolute atomic E-state index is 13.1. The molecule has 172 valence electrons. The number of carbonyl (C=O) groups excluding carboxylic acids is 1. The van der Waals surface area contributed by atoms with Gasteiger partial charge in [0.25, 0.3) is 15.6 Å². The number of anilines is 2. The fourth-order valence-corrected chi connectivity index (χ4v) is 4.52. The van der Waals surface area contributed by atoms with Gasteiger partial charge in [0.15, 0.2) is 22.4 Å². The second-order valence-corrected chi connectivity index (χ2v) is 9.44. The molecule has 1 aromatic heterocycles. The van der Waals surface area contributed by atoms with Crippen LogP contribution in [0.4, 0.5) is 11.5 Å². The Morgan fingerprint density at radius 3 is 2.55 bits per heavy atom. The summed E-state index contributed by atoms with van der Waals surface area (Å²) in [6, 6.07) is 10.8. The van der Waals surface area contributed by atoms with Crippen LogP contribution in [0.3, 0.4) is 0 Å². The van der Waals surface area contributed by atoms with Crippen LogP contribution in [-0.2, 0) is 10.0 Å². The van der Waals surface area contributed by atoms with E-state index in [9.17, 15) is 18.0 Å². The fraction of sp³-hybridized carbons (Fsp3) is 0.0952. The Labute approximate surface area is 199 Å². The molecule has 0 bridgehead atoms. The predicted octanol–water partition coefficient (Wildman–Crippen LogP) is 3.43. The number of methoxy groups -OCH3 is 1. The molecule has 9 nitrogen and oxygen atoms in total. The van der Waals surface area contributed by atoms with Gasteiger partial charge in [-0.1, -0.05) is 41.6 Å². The highest BCUT2D eigenvalue weighted by atomic mass is 35.5. The van der Waals surface area contributed by atoms with Crippen LogP contribution in [0.2, 0.25) is 5.02 Å². The third-order valence-corrected chi connectivity index (χ3v) is 6.59. The van der Waals surface area contributed by atoms with Gasteiger partial charge in [-0.15, -0.1) is 0 Å². The summed E-state index contributed by atoms with van der Waals surface area (Å²) in [6.07, 6.45) is 4.56. The van der Waals surface area contributed by atoms with Crippen molar-refractivity contribution < 1.29 is 17.9 Å². The van der Waals surface area contributed by atoms with Gasteiger partial charge in [0.1, 0.15) is 10.6 Å². The lowest BCUT2D eigenvalue weighted by atomic mass is 10.1. The number of aromatic amines is 1. The van der Waals surface area contributed by atoms with Crippen molar-refractivity contribution in [1.29, 1.82) is 0 Å². The van der Waals surface area contributed by atoms with Gasteiger partial charge < -0.3 is 10.5 Å². The van der Waals surface area contributed by atoms with E-state index in [1.165, 1.54) is 25.3 Å². The molecule has 4 N–H and O–H groups in total. The minimum atomic E-state index is -4.36. The molecule has 0 aliphatic rings. The number of benzene rings is 2. The number of ether oxygens (including phenoxy) is 1. The van der Waals surface area contributed by atoms with Crippen molar-refractivity contribution in [3.8, 4) is 5.75 Å². The van der Waals surface area contributed by atoms with Crippen molar-refractivity contribution in [2.24, 2.45) is 0 Å². The Balaban J connectivity index is 1.95. The molecule has 0 spiro atoms. The van der Waals surface area contributed by atoms with Gasteiger partial charge in [0.2, 0.25) is 0 Å². The third kappa shape index (κ3) is 5.75. The van der Waals surface area contributed by atoms with Crippen molar-refractivity contribution in [2.45, 2.75) is 10.1 Å². The van der Waals surface area contributed by atoms with Gasteiger partial charge in [0, 0.05) is 10.6 Å². The van der Waals surface area contributed by atoms with Crippen LogP contribution < -0.4 is 20.8 Å². The smallest absolute Gasteiger partial charge is 0.278 e. The first kappa shape index (κ1) is 24.4. The number of sulfonamides is 1. The molecule has 0 aliphatic carbocycles. The molecule has 0 saturated heterocycles. The fourth-order valence-electron chi connectivity index (χ4n) is 2.74. The van der Waals surface area contributed by atoms with Crippen molar-refractivity contribution in [1.82, 2.24) is 9.97 Å². The van der Waals surface area contributed by atoms with E-state index in [0.717, 1.165) is 23.4 Å². The number of rotatable bonds is 8. The van der Waals surface area contributed by atoms with E-state index in [1.54, 1.807) is 36.6 Å². The van der Waals surface area contributed by atoms with Crippen LogP contribution in [0, 0.1) is 0 Å². The number of nitrogen functional groups attached to an aromatic ring is 1. The first-order chi connectivity index (χ1) is 15.6. The van der Waals surface area contributed by atoms with Crippen LogP contribution in [0.1, 0.15) is 15.9 Å². The normalized spacial score (nSPS) is 11.5. The molecule has 0 amide bonds. The zero-order chi connectivity index (χ0) is 24.2. The van der Waals surface area contributed by atoms with Crippen molar-refractivity contribution in [3.63, 3.8) is 0 Å². The summed E-state index contributed by atoms with van der Waals surface area (Å²) in [5, 5.41) is 0.798. The minimum Gasteiger partial charge on any atom is -0.495 e. The minimum absolute atomic E-state index is 0.0237. The van der Waals surface area contributed by atoms with Crippen molar-refractivity contribution in [3.05, 3.63) is 75.0 Å². The number of nitrogens with one attached hydrogen (secondary N) is 2. The molecule has 0 atom stereocenters. The molecule has 2 aromatic carbocycles. The molecule has 0 radical (unpaired) electrons. The van der Waals surface area contributed by atoms with E-state index >= 15 is 0 Å². The molecule has 3 aromatic rings. The number of allylic oxidation sites excluding steroid dienone is 1. The number of nitrogens with two attached hydrogens (primary N) is 1. The van der Waals surface area contributed by atoms with Crippen LogP contribution in [0.25, 0.3) is 6.08 Å². The highest BCUT2D eigenvalue weighted by Crippen LogP contribution is 2.28. The van der Waals surface area contributed by atoms with E-state index in [4.69, 9.17) is 22.1 Å². The Morgan fingerprint density at radius 2 is 1.94 bits per heavy atom. The van der Waals surface area contributed by atoms with Crippen molar-refractivity contribution >= 4 is 56.8 Å². The summed E-state index contributed by atoms with van der Waals surface area (Å²) < 4.78 is 33.4. The zero-order valence-corrected chi connectivity index (χ0v) is 19.8. The lowest BCUT2D eigenvalue weighted by molar-refractivity contribution is 0.104. The molecule has 12 heteroatoms. The van der Waals surface area contributed by atoms with Crippen molar-refractivity contribution in [2.75, 3.05) is 23.8 Å². The van der Waals surface area contributed by atoms with Gasteiger partial charge in [-0.05, 0) is 48.2 Å². The summed E-state index contributed by atoms with van der Waals surface area (Å²) in [7, 11) is -3.08. The second-order valence-electron chi connectivity index (χ2n) is 6.56. The van der Waals surface area contributed by atoms with Gasteiger partial charge >= 0.3 is 0 Å². The van der Waals surface area contributed by atoms with Gasteiger partial charge in [0.05, 0.1) is 7.11 Å². The Hall–Kier alpha value is -3.28. The van der Waals surface area contributed by atoms with Gasteiger partial charge in [-0.25, -0.2) is 13.4 Å². The summed E-state index contributed by atoms with van der Waals surface area (Å²) in [6.45, 7) is 0. The quantitative estimate of drug-likeness (QED) is 0.182. The largest absolute Gasteiger partial charge is 0.495 e. The molecule has 0 aliphatic heterocycles. The SMILES string of the molecule is COc1ccc(C(=O)/C=C/c2ccc(Cl)cc2)cc1S(=O)(=O)Nc1c(N)nc(SC)[nH]c1=O. The molecular weight excluding hydrogens is 488 g/mol. The van der Waals surface area contributed by atoms with Gasteiger partial charge in [-0.3, -0.25) is 19.3 Å². The predicted molar refractivity (Wildman–Crippen MR) is 130 cm³/mol. The topological polar surface area (TPSA) is 144 Å². The summed E-state index contributed by atoms with van der Waals surface area (Å²) in [4.78, 5) is 30.9. The molecule has 0 unspecified atom stereocenters. The number of ketones is 1. The van der Waals surface area contributed by atoms with E-state index < -0.39 is 27.1 Å². The number of halogens is 1. The molecule has 3 rings (SSSR count). The van der Waals surface area contributed by atoms with E-state index in [-0.39, 0.29) is 27.2 Å². The first-order valence-corrected chi connectivity index (χ1v) is 12.4. The van der Waals surface area contributed by atoms with E-state index in [0.29, 0.717) is 5.02 Å².